The molecule has 1 aromatic carbocycles. The maximum Gasteiger partial charge on any atom is 0.328 e. The number of amides is 2. The van der Waals surface area contributed by atoms with Gasteiger partial charge in [0.15, 0.2) is 0 Å². The van der Waals surface area contributed by atoms with Gasteiger partial charge in [0.1, 0.15) is 6.04 Å². The Morgan fingerprint density at radius 2 is 1.76 bits per heavy atom. The molecule has 0 aromatic heterocycles. The lowest BCUT2D eigenvalue weighted by molar-refractivity contribution is -0.145. The quantitative estimate of drug-likeness (QED) is 0.736. The number of rotatable bonds is 6. The van der Waals surface area contributed by atoms with Crippen molar-refractivity contribution in [2.45, 2.75) is 19.4 Å². The van der Waals surface area contributed by atoms with Crippen molar-refractivity contribution in [3.63, 3.8) is 0 Å². The van der Waals surface area contributed by atoms with Gasteiger partial charge in [0.25, 0.3) is 0 Å². The smallest absolute Gasteiger partial charge is 0.328 e. The first kappa shape index (κ1) is 18.9. The van der Waals surface area contributed by atoms with Crippen molar-refractivity contribution in [3.05, 3.63) is 35.9 Å². The summed E-state index contributed by atoms with van der Waals surface area (Å²) >= 11 is 0. The van der Waals surface area contributed by atoms with Gasteiger partial charge in [0.05, 0.1) is 13.7 Å². The minimum absolute atomic E-state index is 0.0534. The number of benzene rings is 1. The molecule has 1 fully saturated rings. The van der Waals surface area contributed by atoms with E-state index in [0.717, 1.165) is 5.56 Å². The average Bonchev–Trinajstić information content (AvgIpc) is 2.61. The standard InChI is InChI=1S/C18H25N3O4/c1-14(22)21-10-8-20(9-11-21)13-17(23)19-16(18(24)25-2)12-15-6-4-3-5-7-15/h3-7,16H,8-13H2,1-2H3,(H,19,23)/t16-/m0/s1. The van der Waals surface area contributed by atoms with Crippen LogP contribution in [0.1, 0.15) is 12.5 Å². The molecule has 1 aliphatic heterocycles. The molecule has 7 heteroatoms. The van der Waals surface area contributed by atoms with Crippen LogP contribution in [0, 0.1) is 0 Å². The van der Waals surface area contributed by atoms with Crippen LogP contribution in [-0.4, -0.2) is 73.5 Å². The average molecular weight is 347 g/mol. The molecule has 25 heavy (non-hydrogen) atoms. The number of carbonyl (C=O) groups excluding carboxylic acids is 3. The minimum atomic E-state index is -0.710. The molecule has 0 saturated carbocycles. The van der Waals surface area contributed by atoms with E-state index < -0.39 is 12.0 Å². The van der Waals surface area contributed by atoms with E-state index in [1.54, 1.807) is 11.8 Å². The second-order valence-electron chi connectivity index (χ2n) is 6.12. The molecule has 0 bridgehead atoms. The van der Waals surface area contributed by atoms with Gasteiger partial charge in [-0.25, -0.2) is 4.79 Å². The first-order chi connectivity index (χ1) is 12.0. The Hall–Kier alpha value is -2.41. The fourth-order valence-electron chi connectivity index (χ4n) is 2.85. The SMILES string of the molecule is COC(=O)[C@H](Cc1ccccc1)NC(=O)CN1CCN(C(C)=O)CC1. The van der Waals surface area contributed by atoms with Crippen LogP contribution in [0.3, 0.4) is 0 Å². The first-order valence-corrected chi connectivity index (χ1v) is 8.38. The van der Waals surface area contributed by atoms with Crippen molar-refractivity contribution in [1.29, 1.82) is 0 Å². The summed E-state index contributed by atoms with van der Waals surface area (Å²) in [7, 11) is 1.31. The topological polar surface area (TPSA) is 79.0 Å². The van der Waals surface area contributed by atoms with E-state index in [2.05, 4.69) is 5.32 Å². The number of hydrogen-bond acceptors (Lipinski definition) is 5. The van der Waals surface area contributed by atoms with Gasteiger partial charge in [-0.15, -0.1) is 0 Å². The molecule has 1 N–H and O–H groups in total. The number of piperazine rings is 1. The van der Waals surface area contributed by atoms with E-state index in [9.17, 15) is 14.4 Å². The Kier molecular flexibility index (Phi) is 6.94. The van der Waals surface area contributed by atoms with Gasteiger partial charge in [0, 0.05) is 39.5 Å². The number of carbonyl (C=O) groups is 3. The lowest BCUT2D eigenvalue weighted by Gasteiger charge is -2.33. The molecule has 0 aliphatic carbocycles. The van der Waals surface area contributed by atoms with Crippen LogP contribution >= 0.6 is 0 Å². The third-order valence-electron chi connectivity index (χ3n) is 4.29. The normalized spacial score (nSPS) is 16.2. The molecular weight excluding hydrogens is 322 g/mol. The number of nitrogens with one attached hydrogen (secondary N) is 1. The molecular formula is C18H25N3O4. The summed E-state index contributed by atoms with van der Waals surface area (Å²) in [6.45, 7) is 4.28. The molecule has 0 spiro atoms. The summed E-state index contributed by atoms with van der Waals surface area (Å²) in [6.07, 6.45) is 0.386. The van der Waals surface area contributed by atoms with Crippen molar-refractivity contribution in [2.24, 2.45) is 0 Å². The largest absolute Gasteiger partial charge is 0.467 e. The lowest BCUT2D eigenvalue weighted by Crippen LogP contribution is -2.52. The monoisotopic (exact) mass is 347 g/mol. The van der Waals surface area contributed by atoms with Crippen molar-refractivity contribution < 1.29 is 19.1 Å². The summed E-state index contributed by atoms with van der Waals surface area (Å²) in [5, 5.41) is 2.76. The molecule has 0 unspecified atom stereocenters. The van der Waals surface area contributed by atoms with Crippen molar-refractivity contribution in [2.75, 3.05) is 39.8 Å². The summed E-state index contributed by atoms with van der Waals surface area (Å²) in [4.78, 5) is 39.3. The Labute approximate surface area is 147 Å². The lowest BCUT2D eigenvalue weighted by atomic mass is 10.1. The summed E-state index contributed by atoms with van der Waals surface area (Å²) < 4.78 is 4.80. The van der Waals surface area contributed by atoms with Crippen LogP contribution in [0.15, 0.2) is 30.3 Å². The van der Waals surface area contributed by atoms with Crippen LogP contribution < -0.4 is 5.32 Å². The van der Waals surface area contributed by atoms with Crippen molar-refractivity contribution in [3.8, 4) is 0 Å². The van der Waals surface area contributed by atoms with Crippen molar-refractivity contribution in [1.82, 2.24) is 15.1 Å². The zero-order valence-electron chi connectivity index (χ0n) is 14.7. The van der Waals surface area contributed by atoms with E-state index in [0.29, 0.717) is 32.6 Å². The molecule has 7 nitrogen and oxygen atoms in total. The van der Waals surface area contributed by atoms with Crippen LogP contribution in [0.5, 0.6) is 0 Å². The molecule has 2 amide bonds. The molecule has 0 radical (unpaired) electrons. The summed E-state index contributed by atoms with van der Waals surface area (Å²) in [5.74, 6) is -0.626. The fraction of sp³-hybridized carbons (Fsp3) is 0.500. The van der Waals surface area contributed by atoms with Gasteiger partial charge < -0.3 is 15.0 Å². The highest BCUT2D eigenvalue weighted by Gasteiger charge is 2.24. The van der Waals surface area contributed by atoms with Crippen LogP contribution in [-0.2, 0) is 25.5 Å². The predicted octanol–water partition coefficient (Wildman–Crippen LogP) is 0.0510. The van der Waals surface area contributed by atoms with E-state index >= 15 is 0 Å². The van der Waals surface area contributed by atoms with Crippen LogP contribution in [0.2, 0.25) is 0 Å². The number of ether oxygens (including phenoxy) is 1. The van der Waals surface area contributed by atoms with Gasteiger partial charge in [-0.2, -0.15) is 0 Å². The second-order valence-corrected chi connectivity index (χ2v) is 6.12. The molecule has 136 valence electrons. The van der Waals surface area contributed by atoms with E-state index in [1.807, 2.05) is 35.2 Å². The maximum absolute atomic E-state index is 12.3. The van der Waals surface area contributed by atoms with Crippen LogP contribution in [0.25, 0.3) is 0 Å². The molecule has 2 rings (SSSR count). The van der Waals surface area contributed by atoms with Gasteiger partial charge in [0.2, 0.25) is 11.8 Å². The third-order valence-corrected chi connectivity index (χ3v) is 4.29. The molecule has 1 aliphatic rings. The fourth-order valence-corrected chi connectivity index (χ4v) is 2.85. The first-order valence-electron chi connectivity index (χ1n) is 8.38. The predicted molar refractivity (Wildman–Crippen MR) is 92.8 cm³/mol. The van der Waals surface area contributed by atoms with Gasteiger partial charge in [-0.1, -0.05) is 30.3 Å². The Balaban J connectivity index is 1.87. The highest BCUT2D eigenvalue weighted by molar-refractivity contribution is 5.85. The molecule has 1 heterocycles. The van der Waals surface area contributed by atoms with Crippen LogP contribution in [0.4, 0.5) is 0 Å². The Bertz CT molecular complexity index is 598. The Morgan fingerprint density at radius 3 is 2.32 bits per heavy atom. The van der Waals surface area contributed by atoms with Gasteiger partial charge >= 0.3 is 5.97 Å². The van der Waals surface area contributed by atoms with E-state index in [-0.39, 0.29) is 18.4 Å². The second kappa shape index (κ2) is 9.17. The highest BCUT2D eigenvalue weighted by atomic mass is 16.5. The zero-order chi connectivity index (χ0) is 18.2. The highest BCUT2D eigenvalue weighted by Crippen LogP contribution is 2.06. The minimum Gasteiger partial charge on any atom is -0.467 e. The third kappa shape index (κ3) is 5.86. The molecule has 1 saturated heterocycles. The van der Waals surface area contributed by atoms with Crippen molar-refractivity contribution >= 4 is 17.8 Å². The summed E-state index contributed by atoms with van der Waals surface area (Å²) in [5.41, 5.74) is 0.952. The zero-order valence-corrected chi connectivity index (χ0v) is 14.7. The number of nitrogens with zero attached hydrogens (tertiary/aromatic N) is 2. The number of esters is 1. The van der Waals surface area contributed by atoms with E-state index in [1.165, 1.54) is 7.11 Å². The number of methoxy groups -OCH3 is 1. The van der Waals surface area contributed by atoms with E-state index in [4.69, 9.17) is 4.74 Å². The Morgan fingerprint density at radius 1 is 1.12 bits per heavy atom. The molecule has 1 atom stereocenters. The van der Waals surface area contributed by atoms with Gasteiger partial charge in [-0.3, -0.25) is 14.5 Å². The van der Waals surface area contributed by atoms with Gasteiger partial charge in [-0.05, 0) is 5.56 Å². The number of hydrogen-bond donors (Lipinski definition) is 1. The molecule has 1 aromatic rings. The maximum atomic E-state index is 12.3. The summed E-state index contributed by atoms with van der Waals surface area (Å²) in [6, 6.07) is 8.78.